The standard InChI is InChI=1S/C29H32Cl2FN3O4/c1-28(11-12-28)26(37)35-13-9-18(10-14-35)25(36)29(34(2)27(38)39-21-6-4-20(32)5-7-21)17-33-16-22(29)19-3-8-23(30)24(31)15-19/h3-8,15,18,22,33H,9-14,16-17H2,1-2H3/t22-,29-/m0/s1. The lowest BCUT2D eigenvalue weighted by atomic mass is 9.72. The van der Waals surface area contributed by atoms with Crippen LogP contribution in [0.2, 0.25) is 10.0 Å². The maximum atomic E-state index is 14.5. The summed E-state index contributed by atoms with van der Waals surface area (Å²) in [7, 11) is 1.56. The Morgan fingerprint density at radius 3 is 2.33 bits per heavy atom. The molecule has 1 saturated carbocycles. The average molecular weight is 576 g/mol. The van der Waals surface area contributed by atoms with E-state index >= 15 is 0 Å². The summed E-state index contributed by atoms with van der Waals surface area (Å²) in [5.41, 5.74) is -0.747. The van der Waals surface area contributed by atoms with E-state index in [1.54, 1.807) is 19.2 Å². The number of carbonyl (C=O) groups excluding carboxylic acids is 3. The van der Waals surface area contributed by atoms with E-state index in [9.17, 15) is 18.8 Å². The first-order valence-corrected chi connectivity index (χ1v) is 14.0. The van der Waals surface area contributed by atoms with Gasteiger partial charge in [-0.05, 0) is 67.6 Å². The van der Waals surface area contributed by atoms with Gasteiger partial charge in [0.2, 0.25) is 5.91 Å². The van der Waals surface area contributed by atoms with Crippen molar-refractivity contribution in [2.75, 3.05) is 33.2 Å². The highest BCUT2D eigenvalue weighted by Gasteiger charge is 2.57. The monoisotopic (exact) mass is 575 g/mol. The van der Waals surface area contributed by atoms with Crippen LogP contribution in [0.4, 0.5) is 9.18 Å². The number of rotatable bonds is 6. The van der Waals surface area contributed by atoms with E-state index in [0.717, 1.165) is 18.4 Å². The Labute approximate surface area is 237 Å². The molecular formula is C29H32Cl2FN3O4. The number of hydrogen-bond donors (Lipinski definition) is 1. The van der Waals surface area contributed by atoms with Crippen LogP contribution in [0.25, 0.3) is 0 Å². The predicted molar refractivity (Wildman–Crippen MR) is 147 cm³/mol. The van der Waals surface area contributed by atoms with Crippen LogP contribution in [0.5, 0.6) is 5.75 Å². The molecule has 0 unspecified atom stereocenters. The van der Waals surface area contributed by atoms with Crippen LogP contribution >= 0.6 is 23.2 Å². The minimum absolute atomic E-state index is 0.0770. The number of ketones is 1. The topological polar surface area (TPSA) is 79.0 Å². The van der Waals surface area contributed by atoms with Crippen LogP contribution in [-0.2, 0) is 9.59 Å². The van der Waals surface area contributed by atoms with Gasteiger partial charge in [-0.25, -0.2) is 9.18 Å². The van der Waals surface area contributed by atoms with Gasteiger partial charge in [0.05, 0.1) is 10.0 Å². The molecule has 2 aromatic rings. The van der Waals surface area contributed by atoms with E-state index in [0.29, 0.717) is 42.5 Å². The number of nitrogens with zero attached hydrogens (tertiary/aromatic N) is 2. The number of ether oxygens (including phenoxy) is 1. The van der Waals surface area contributed by atoms with Crippen LogP contribution in [0, 0.1) is 17.2 Å². The zero-order chi connectivity index (χ0) is 27.9. The molecule has 10 heteroatoms. The smallest absolute Gasteiger partial charge is 0.410 e. The highest BCUT2D eigenvalue weighted by Crippen LogP contribution is 2.47. The molecule has 2 amide bonds. The first-order valence-electron chi connectivity index (χ1n) is 13.3. The molecule has 208 valence electrons. The van der Waals surface area contributed by atoms with Gasteiger partial charge in [0.1, 0.15) is 17.1 Å². The largest absolute Gasteiger partial charge is 0.415 e. The van der Waals surface area contributed by atoms with Gasteiger partial charge in [-0.1, -0.05) is 36.2 Å². The van der Waals surface area contributed by atoms with Crippen molar-refractivity contribution in [3.05, 3.63) is 63.9 Å². The maximum absolute atomic E-state index is 14.5. The molecule has 3 fully saturated rings. The summed E-state index contributed by atoms with van der Waals surface area (Å²) in [4.78, 5) is 44.1. The van der Waals surface area contributed by atoms with Crippen molar-refractivity contribution in [2.24, 2.45) is 11.3 Å². The van der Waals surface area contributed by atoms with Gasteiger partial charge in [0.15, 0.2) is 5.78 Å². The quantitative estimate of drug-likeness (QED) is 0.506. The van der Waals surface area contributed by atoms with Crippen LogP contribution in [0.1, 0.15) is 44.1 Å². The fraction of sp³-hybridized carbons (Fsp3) is 0.483. The van der Waals surface area contributed by atoms with Gasteiger partial charge >= 0.3 is 6.09 Å². The summed E-state index contributed by atoms with van der Waals surface area (Å²) >= 11 is 12.5. The SMILES string of the molecule is CN(C(=O)Oc1ccc(F)cc1)[C@@]1(C(=O)C2CCN(C(=O)C3(C)CC3)CC2)CNC[C@H]1c1ccc(Cl)c(Cl)c1. The maximum Gasteiger partial charge on any atom is 0.415 e. The summed E-state index contributed by atoms with van der Waals surface area (Å²) in [5, 5.41) is 4.08. The first-order chi connectivity index (χ1) is 18.5. The second-order valence-electron chi connectivity index (χ2n) is 11.2. The van der Waals surface area contributed by atoms with Gasteiger partial charge in [-0.3, -0.25) is 14.5 Å². The predicted octanol–water partition coefficient (Wildman–Crippen LogP) is 5.30. The number of likely N-dealkylation sites (N-methyl/N-ethyl adjacent to an activating group) is 1. The van der Waals surface area contributed by atoms with Crippen molar-refractivity contribution in [3.63, 3.8) is 0 Å². The van der Waals surface area contributed by atoms with Crippen LogP contribution < -0.4 is 10.1 Å². The molecule has 2 atom stereocenters. The molecule has 3 aliphatic rings. The molecular weight excluding hydrogens is 544 g/mol. The van der Waals surface area contributed by atoms with Gasteiger partial charge < -0.3 is 15.0 Å². The fourth-order valence-electron chi connectivity index (χ4n) is 5.91. The minimum Gasteiger partial charge on any atom is -0.410 e. The molecule has 7 nitrogen and oxygen atoms in total. The molecule has 5 rings (SSSR count). The van der Waals surface area contributed by atoms with E-state index in [-0.39, 0.29) is 35.3 Å². The Morgan fingerprint density at radius 2 is 1.72 bits per heavy atom. The Hall–Kier alpha value is -2.68. The molecule has 2 saturated heterocycles. The highest BCUT2D eigenvalue weighted by atomic mass is 35.5. The molecule has 0 bridgehead atoms. The second kappa shape index (κ2) is 10.7. The molecule has 2 heterocycles. The molecule has 0 radical (unpaired) electrons. The summed E-state index contributed by atoms with van der Waals surface area (Å²) in [6.45, 7) is 3.68. The van der Waals surface area contributed by atoms with Crippen molar-refractivity contribution >= 4 is 41.0 Å². The number of nitrogens with one attached hydrogen (secondary N) is 1. The molecule has 1 aliphatic carbocycles. The summed E-state index contributed by atoms with van der Waals surface area (Å²) in [6, 6.07) is 10.4. The number of carbonyl (C=O) groups is 3. The highest BCUT2D eigenvalue weighted by molar-refractivity contribution is 6.42. The van der Waals surface area contributed by atoms with E-state index in [1.165, 1.54) is 29.2 Å². The van der Waals surface area contributed by atoms with Crippen molar-refractivity contribution in [1.82, 2.24) is 15.1 Å². The van der Waals surface area contributed by atoms with Gasteiger partial charge in [-0.15, -0.1) is 0 Å². The van der Waals surface area contributed by atoms with Gasteiger partial charge in [0.25, 0.3) is 0 Å². The number of benzene rings is 2. The van der Waals surface area contributed by atoms with E-state index in [2.05, 4.69) is 5.32 Å². The van der Waals surface area contributed by atoms with Crippen molar-refractivity contribution < 1.29 is 23.5 Å². The zero-order valence-electron chi connectivity index (χ0n) is 22.0. The third-order valence-corrected chi connectivity index (χ3v) is 9.39. The lowest BCUT2D eigenvalue weighted by Gasteiger charge is -2.44. The van der Waals surface area contributed by atoms with Crippen LogP contribution in [-0.4, -0.2) is 66.3 Å². The number of likely N-dealkylation sites (tertiary alicyclic amines) is 1. The van der Waals surface area contributed by atoms with Crippen molar-refractivity contribution in [1.29, 1.82) is 0 Å². The Morgan fingerprint density at radius 1 is 1.05 bits per heavy atom. The number of amides is 2. The summed E-state index contributed by atoms with van der Waals surface area (Å²) in [6.07, 6.45) is 2.14. The third-order valence-electron chi connectivity index (χ3n) is 8.65. The van der Waals surface area contributed by atoms with Crippen LogP contribution in [0.3, 0.4) is 0 Å². The number of halogens is 3. The Kier molecular flexibility index (Phi) is 7.65. The molecule has 2 aliphatic heterocycles. The number of Topliss-reactive ketones (excluding diaryl/α,β-unsaturated/α-hetero) is 1. The Bertz CT molecular complexity index is 1280. The Balaban J connectivity index is 1.43. The van der Waals surface area contributed by atoms with Crippen molar-refractivity contribution in [3.8, 4) is 5.75 Å². The van der Waals surface area contributed by atoms with Crippen LogP contribution in [0.15, 0.2) is 42.5 Å². The van der Waals surface area contributed by atoms with Gasteiger partial charge in [0, 0.05) is 50.5 Å². The van der Waals surface area contributed by atoms with E-state index in [1.807, 2.05) is 17.9 Å². The third kappa shape index (κ3) is 5.26. The lowest BCUT2D eigenvalue weighted by molar-refractivity contribution is -0.142. The second-order valence-corrected chi connectivity index (χ2v) is 12.0. The fourth-order valence-corrected chi connectivity index (χ4v) is 6.22. The van der Waals surface area contributed by atoms with E-state index in [4.69, 9.17) is 27.9 Å². The summed E-state index contributed by atoms with van der Waals surface area (Å²) < 4.78 is 19.0. The molecule has 39 heavy (non-hydrogen) atoms. The molecule has 2 aromatic carbocycles. The minimum atomic E-state index is -1.27. The molecule has 0 aromatic heterocycles. The van der Waals surface area contributed by atoms with Crippen molar-refractivity contribution in [2.45, 2.75) is 44.1 Å². The molecule has 1 N–H and O–H groups in total. The lowest BCUT2D eigenvalue weighted by Crippen LogP contribution is -2.62. The normalized spacial score (nSPS) is 24.3. The van der Waals surface area contributed by atoms with Gasteiger partial charge in [-0.2, -0.15) is 0 Å². The van der Waals surface area contributed by atoms with E-state index < -0.39 is 23.4 Å². The molecule has 0 spiro atoms. The average Bonchev–Trinajstić information content (AvgIpc) is 3.53. The number of piperidine rings is 1. The number of hydrogen-bond acceptors (Lipinski definition) is 5. The first kappa shape index (κ1) is 27.9. The zero-order valence-corrected chi connectivity index (χ0v) is 23.5. The summed E-state index contributed by atoms with van der Waals surface area (Å²) in [5.74, 6) is -0.947.